The van der Waals surface area contributed by atoms with E-state index in [0.29, 0.717) is 0 Å². The molecule has 1 atom stereocenters. The van der Waals surface area contributed by atoms with Gasteiger partial charge in [-0.25, -0.2) is 0 Å². The maximum atomic E-state index is 10.9. The van der Waals surface area contributed by atoms with Crippen LogP contribution in [-0.2, 0) is 0 Å². The van der Waals surface area contributed by atoms with Crippen LogP contribution in [0.15, 0.2) is 10.9 Å². The summed E-state index contributed by atoms with van der Waals surface area (Å²) in [6.07, 6.45) is 0. The van der Waals surface area contributed by atoms with Crippen molar-refractivity contribution in [3.63, 3.8) is 0 Å². The van der Waals surface area contributed by atoms with Crippen LogP contribution in [0.4, 0.5) is 0 Å². The summed E-state index contributed by atoms with van der Waals surface area (Å²) >= 11 is 0. The maximum Gasteiger partial charge on any atom is 0.264 e. The molecule has 1 unspecified atom stereocenters. The Hall–Kier alpha value is -1.07. The van der Waals surface area contributed by atoms with Crippen LogP contribution in [0.5, 0.6) is 0 Å². The van der Waals surface area contributed by atoms with Gasteiger partial charge in [0.25, 0.3) is 5.56 Å². The molecule has 0 bridgehead atoms. The van der Waals surface area contributed by atoms with Gasteiger partial charge in [-0.05, 0) is 7.05 Å². The average molecular weight is 182 g/mol. The number of nitrogens with one attached hydrogen (secondary N) is 3. The highest BCUT2D eigenvalue weighted by Crippen LogP contribution is 2.11. The zero-order chi connectivity index (χ0) is 9.26. The lowest BCUT2D eigenvalue weighted by Crippen LogP contribution is -2.43. The minimum absolute atomic E-state index is 0.0648. The van der Waals surface area contributed by atoms with Crippen LogP contribution < -0.4 is 10.9 Å². The van der Waals surface area contributed by atoms with Crippen molar-refractivity contribution in [1.29, 1.82) is 0 Å². The second kappa shape index (κ2) is 3.35. The van der Waals surface area contributed by atoms with E-state index in [1.165, 1.54) is 0 Å². The highest BCUT2D eigenvalue weighted by molar-refractivity contribution is 5.06. The van der Waals surface area contributed by atoms with Crippen molar-refractivity contribution in [3.8, 4) is 0 Å². The zero-order valence-electron chi connectivity index (χ0n) is 7.63. The third-order valence-electron chi connectivity index (χ3n) is 2.37. The van der Waals surface area contributed by atoms with Gasteiger partial charge in [0, 0.05) is 25.7 Å². The summed E-state index contributed by atoms with van der Waals surface area (Å²) in [7, 11) is 2.08. The first-order valence-electron chi connectivity index (χ1n) is 4.45. The van der Waals surface area contributed by atoms with Gasteiger partial charge in [0.1, 0.15) is 0 Å². The van der Waals surface area contributed by atoms with Crippen LogP contribution in [0.3, 0.4) is 0 Å². The number of hydrogen-bond donors (Lipinski definition) is 3. The Morgan fingerprint density at radius 2 is 2.38 bits per heavy atom. The van der Waals surface area contributed by atoms with E-state index in [1.54, 1.807) is 6.07 Å². The second-order valence-electron chi connectivity index (χ2n) is 3.48. The fraction of sp³-hybridized carbons (Fsp3) is 0.625. The maximum absolute atomic E-state index is 10.9. The molecule has 5 heteroatoms. The molecule has 1 fully saturated rings. The van der Waals surface area contributed by atoms with Crippen LogP contribution in [-0.4, -0.2) is 41.8 Å². The summed E-state index contributed by atoms with van der Waals surface area (Å²) in [4.78, 5) is 13.1. The van der Waals surface area contributed by atoms with E-state index >= 15 is 0 Å². The molecule has 0 radical (unpaired) electrons. The van der Waals surface area contributed by atoms with Gasteiger partial charge in [0.2, 0.25) is 0 Å². The van der Waals surface area contributed by atoms with E-state index in [2.05, 4.69) is 27.5 Å². The smallest absolute Gasteiger partial charge is 0.264 e. The monoisotopic (exact) mass is 182 g/mol. The van der Waals surface area contributed by atoms with Gasteiger partial charge in [-0.15, -0.1) is 0 Å². The summed E-state index contributed by atoms with van der Waals surface area (Å²) < 4.78 is 0. The molecule has 0 spiro atoms. The Balaban J connectivity index is 2.12. The van der Waals surface area contributed by atoms with Crippen molar-refractivity contribution in [2.75, 3.05) is 26.7 Å². The molecule has 1 aromatic heterocycles. The molecule has 72 valence electrons. The predicted molar refractivity (Wildman–Crippen MR) is 49.7 cm³/mol. The molecule has 1 aliphatic heterocycles. The number of hydrogen-bond acceptors (Lipinski definition) is 3. The van der Waals surface area contributed by atoms with Gasteiger partial charge in [-0.3, -0.25) is 9.89 Å². The van der Waals surface area contributed by atoms with Gasteiger partial charge in [-0.2, -0.15) is 0 Å². The number of H-pyrrole nitrogens is 2. The van der Waals surface area contributed by atoms with Crippen LogP contribution in [0, 0.1) is 0 Å². The van der Waals surface area contributed by atoms with E-state index in [4.69, 9.17) is 0 Å². The molecule has 0 aromatic carbocycles. The largest absolute Gasteiger partial charge is 0.306 e. The van der Waals surface area contributed by atoms with Crippen molar-refractivity contribution in [2.24, 2.45) is 0 Å². The number of aromatic amines is 2. The number of aromatic nitrogens is 2. The Bertz CT molecular complexity index is 329. The standard InChI is InChI=1S/C8H14N4O/c1-12-3-2-9-7(5-12)6-4-8(13)11-10-6/h4,7,9H,2-3,5H2,1H3,(H2,10,11,13). The van der Waals surface area contributed by atoms with Crippen molar-refractivity contribution in [1.82, 2.24) is 20.4 Å². The van der Waals surface area contributed by atoms with E-state index in [-0.39, 0.29) is 11.6 Å². The second-order valence-corrected chi connectivity index (χ2v) is 3.48. The molecule has 0 saturated carbocycles. The normalized spacial score (nSPS) is 24.8. The van der Waals surface area contributed by atoms with E-state index < -0.39 is 0 Å². The molecular formula is C8H14N4O. The molecule has 1 aromatic rings. The summed E-state index contributed by atoms with van der Waals surface area (Å²) in [6, 6.07) is 1.86. The molecule has 5 nitrogen and oxygen atoms in total. The average Bonchev–Trinajstić information content (AvgIpc) is 2.52. The fourth-order valence-corrected chi connectivity index (χ4v) is 1.64. The molecule has 2 rings (SSSR count). The lowest BCUT2D eigenvalue weighted by Gasteiger charge is -2.29. The zero-order valence-corrected chi connectivity index (χ0v) is 7.63. The lowest BCUT2D eigenvalue weighted by molar-refractivity contribution is 0.238. The van der Waals surface area contributed by atoms with Gasteiger partial charge in [-0.1, -0.05) is 0 Å². The first kappa shape index (κ1) is 8.52. The molecule has 1 aliphatic rings. The van der Waals surface area contributed by atoms with Gasteiger partial charge in [0.05, 0.1) is 11.7 Å². The van der Waals surface area contributed by atoms with Crippen molar-refractivity contribution < 1.29 is 0 Å². The number of rotatable bonds is 1. The summed E-state index contributed by atoms with van der Waals surface area (Å²) in [5.74, 6) is 0. The number of nitrogens with zero attached hydrogens (tertiary/aromatic N) is 1. The third kappa shape index (κ3) is 1.81. The highest BCUT2D eigenvalue weighted by Gasteiger charge is 2.19. The molecular weight excluding hydrogens is 168 g/mol. The van der Waals surface area contributed by atoms with E-state index in [1.807, 2.05) is 0 Å². The van der Waals surface area contributed by atoms with Crippen LogP contribution in [0.2, 0.25) is 0 Å². The van der Waals surface area contributed by atoms with Gasteiger partial charge < -0.3 is 15.3 Å². The SMILES string of the molecule is CN1CCNC(c2cc(=O)[nH][nH]2)C1. The third-order valence-corrected chi connectivity index (χ3v) is 2.37. The minimum atomic E-state index is -0.0648. The highest BCUT2D eigenvalue weighted by atomic mass is 16.1. The molecule has 0 aliphatic carbocycles. The quantitative estimate of drug-likeness (QED) is 0.537. The fourth-order valence-electron chi connectivity index (χ4n) is 1.64. The first-order chi connectivity index (χ1) is 6.25. The molecule has 0 amide bonds. The van der Waals surface area contributed by atoms with Crippen molar-refractivity contribution >= 4 is 0 Å². The minimum Gasteiger partial charge on any atom is -0.306 e. The molecule has 13 heavy (non-hydrogen) atoms. The molecule has 3 N–H and O–H groups in total. The molecule has 2 heterocycles. The number of likely N-dealkylation sites (N-methyl/N-ethyl adjacent to an activating group) is 1. The Labute approximate surface area is 76.1 Å². The topological polar surface area (TPSA) is 63.9 Å². The van der Waals surface area contributed by atoms with Crippen molar-refractivity contribution in [2.45, 2.75) is 6.04 Å². The Kier molecular flexibility index (Phi) is 2.20. The van der Waals surface area contributed by atoms with Crippen LogP contribution in [0.1, 0.15) is 11.7 Å². The van der Waals surface area contributed by atoms with E-state index in [9.17, 15) is 4.79 Å². The lowest BCUT2D eigenvalue weighted by atomic mass is 10.1. The summed E-state index contributed by atoms with van der Waals surface area (Å²) in [5.41, 5.74) is 0.876. The molecule has 1 saturated heterocycles. The van der Waals surface area contributed by atoms with E-state index in [0.717, 1.165) is 25.3 Å². The Morgan fingerprint density at radius 1 is 1.54 bits per heavy atom. The van der Waals surface area contributed by atoms with Gasteiger partial charge in [0.15, 0.2) is 0 Å². The Morgan fingerprint density at radius 3 is 3.00 bits per heavy atom. The first-order valence-corrected chi connectivity index (χ1v) is 4.45. The summed E-state index contributed by atoms with van der Waals surface area (Å²) in [5, 5.41) is 8.76. The summed E-state index contributed by atoms with van der Waals surface area (Å²) in [6.45, 7) is 2.97. The number of piperazine rings is 1. The van der Waals surface area contributed by atoms with Crippen molar-refractivity contribution in [3.05, 3.63) is 22.1 Å². The van der Waals surface area contributed by atoms with Crippen LogP contribution in [0.25, 0.3) is 0 Å². The predicted octanol–water partition coefficient (Wildman–Crippen LogP) is -0.721. The van der Waals surface area contributed by atoms with Crippen LogP contribution >= 0.6 is 0 Å². The van der Waals surface area contributed by atoms with Gasteiger partial charge >= 0.3 is 0 Å².